The van der Waals surface area contributed by atoms with Crippen LogP contribution in [0.2, 0.25) is 5.02 Å². The maximum Gasteiger partial charge on any atom is 0.171 e. The summed E-state index contributed by atoms with van der Waals surface area (Å²) in [5, 5.41) is 6.03. The summed E-state index contributed by atoms with van der Waals surface area (Å²) in [4.78, 5) is 13.2. The molecule has 0 bridgehead atoms. The molecular formula is C32H28ClNO. The van der Waals surface area contributed by atoms with Gasteiger partial charge in [-0.15, -0.1) is 0 Å². The van der Waals surface area contributed by atoms with E-state index in [9.17, 15) is 4.79 Å². The van der Waals surface area contributed by atoms with Crippen molar-refractivity contribution >= 4 is 29.5 Å². The molecule has 1 heterocycles. The van der Waals surface area contributed by atoms with Gasteiger partial charge in [0.05, 0.1) is 5.02 Å². The van der Waals surface area contributed by atoms with E-state index in [1.165, 1.54) is 32.7 Å². The summed E-state index contributed by atoms with van der Waals surface area (Å²) >= 11 is 6.44. The van der Waals surface area contributed by atoms with Crippen molar-refractivity contribution in [1.29, 1.82) is 0 Å². The first-order chi connectivity index (χ1) is 17.1. The highest BCUT2D eigenvalue weighted by Crippen LogP contribution is 2.28. The number of carbonyl (C=O) groups excluding carboxylic acids is 1. The number of hydrogen-bond donors (Lipinski definition) is 1. The van der Waals surface area contributed by atoms with E-state index in [1.807, 2.05) is 61.8 Å². The molecule has 1 unspecified atom stereocenters. The Kier molecular flexibility index (Phi) is 6.83. The van der Waals surface area contributed by atoms with Crippen LogP contribution in [0, 0.1) is 12.8 Å². The van der Waals surface area contributed by atoms with Gasteiger partial charge in [0.15, 0.2) is 5.78 Å². The Morgan fingerprint density at radius 3 is 2.49 bits per heavy atom. The summed E-state index contributed by atoms with van der Waals surface area (Å²) in [6.07, 6.45) is 18.8. The van der Waals surface area contributed by atoms with Crippen LogP contribution in [0.5, 0.6) is 0 Å². The van der Waals surface area contributed by atoms with Crippen molar-refractivity contribution in [3.05, 3.63) is 129 Å². The van der Waals surface area contributed by atoms with Gasteiger partial charge in [0.25, 0.3) is 0 Å². The van der Waals surface area contributed by atoms with Gasteiger partial charge in [-0.1, -0.05) is 84.4 Å². The van der Waals surface area contributed by atoms with E-state index in [1.54, 1.807) is 0 Å². The van der Waals surface area contributed by atoms with Crippen molar-refractivity contribution in [2.45, 2.75) is 26.2 Å². The van der Waals surface area contributed by atoms with Crippen molar-refractivity contribution in [2.75, 3.05) is 0 Å². The number of aryl methyl sites for hydroxylation is 2. The molecule has 0 saturated heterocycles. The van der Waals surface area contributed by atoms with E-state index in [2.05, 4.69) is 53.9 Å². The molecule has 3 aromatic carbocycles. The molecule has 0 spiro atoms. The number of ketones is 1. The van der Waals surface area contributed by atoms with Crippen LogP contribution in [-0.2, 0) is 12.8 Å². The Bertz CT molecular complexity index is 1480. The monoisotopic (exact) mass is 477 g/mol. The van der Waals surface area contributed by atoms with E-state index in [4.69, 9.17) is 11.6 Å². The van der Waals surface area contributed by atoms with Crippen LogP contribution < -0.4 is 15.8 Å². The summed E-state index contributed by atoms with van der Waals surface area (Å²) in [5.41, 5.74) is 6.89. The molecule has 0 amide bonds. The van der Waals surface area contributed by atoms with Crippen molar-refractivity contribution in [2.24, 2.45) is 5.92 Å². The second-order valence-electron chi connectivity index (χ2n) is 9.05. The van der Waals surface area contributed by atoms with E-state index in [0.717, 1.165) is 24.8 Å². The maximum absolute atomic E-state index is 13.2. The first-order valence-electron chi connectivity index (χ1n) is 12.1. The van der Waals surface area contributed by atoms with E-state index in [-0.39, 0.29) is 11.7 Å². The molecule has 3 heteroatoms. The fourth-order valence-electron chi connectivity index (χ4n) is 4.97. The number of allylic oxidation sites excluding steroid dienone is 4. The molecule has 6 rings (SSSR count). The Morgan fingerprint density at radius 1 is 0.857 bits per heavy atom. The second kappa shape index (κ2) is 10.3. The second-order valence-corrected chi connectivity index (χ2v) is 9.43. The highest BCUT2D eigenvalue weighted by atomic mass is 35.5. The number of Topliss-reactive ketones (excluding diaryl/α,β-unsaturated/α-hetero) is 1. The Hall–Kier alpha value is -3.62. The molecule has 1 N–H and O–H groups in total. The minimum absolute atomic E-state index is 0.121. The van der Waals surface area contributed by atoms with Crippen molar-refractivity contribution < 1.29 is 4.79 Å². The smallest absolute Gasteiger partial charge is 0.171 e. The highest BCUT2D eigenvalue weighted by molar-refractivity contribution is 6.35. The minimum atomic E-state index is -0.121. The van der Waals surface area contributed by atoms with Crippen molar-refractivity contribution in [3.63, 3.8) is 0 Å². The van der Waals surface area contributed by atoms with Crippen molar-refractivity contribution in [1.82, 2.24) is 5.32 Å². The zero-order valence-corrected chi connectivity index (χ0v) is 20.6. The quantitative estimate of drug-likeness (QED) is 0.455. The first-order valence-corrected chi connectivity index (χ1v) is 12.5. The predicted octanol–water partition coefficient (Wildman–Crippen LogP) is 6.05. The summed E-state index contributed by atoms with van der Waals surface area (Å²) in [7, 11) is 0. The van der Waals surface area contributed by atoms with Gasteiger partial charge in [0.2, 0.25) is 0 Å². The van der Waals surface area contributed by atoms with E-state index >= 15 is 0 Å². The van der Waals surface area contributed by atoms with E-state index < -0.39 is 0 Å². The van der Waals surface area contributed by atoms with Gasteiger partial charge in [-0.3, -0.25) is 4.79 Å². The summed E-state index contributed by atoms with van der Waals surface area (Å²) in [5.74, 6) is 0.0111. The minimum Gasteiger partial charge on any atom is -0.368 e. The summed E-state index contributed by atoms with van der Waals surface area (Å²) in [6.45, 7) is 1.95. The third-order valence-corrected chi connectivity index (χ3v) is 7.32. The van der Waals surface area contributed by atoms with Crippen LogP contribution >= 0.6 is 11.6 Å². The number of carbonyl (C=O) groups is 1. The number of fused-ring (bicyclic) bond motifs is 5. The van der Waals surface area contributed by atoms with Gasteiger partial charge in [0.1, 0.15) is 0 Å². The zero-order chi connectivity index (χ0) is 24.2. The molecule has 3 aromatic rings. The molecule has 1 aliphatic heterocycles. The number of hydrogen-bond acceptors (Lipinski definition) is 2. The van der Waals surface area contributed by atoms with Crippen molar-refractivity contribution in [3.8, 4) is 11.1 Å². The summed E-state index contributed by atoms with van der Waals surface area (Å²) < 4.78 is 0. The topological polar surface area (TPSA) is 29.1 Å². The first kappa shape index (κ1) is 23.1. The molecule has 0 fully saturated rings. The lowest BCUT2D eigenvalue weighted by Crippen LogP contribution is -2.37. The highest BCUT2D eigenvalue weighted by Gasteiger charge is 2.24. The van der Waals surface area contributed by atoms with Gasteiger partial charge >= 0.3 is 0 Å². The lowest BCUT2D eigenvalue weighted by molar-refractivity contribution is 0.0947. The molecule has 0 aromatic heterocycles. The van der Waals surface area contributed by atoms with Gasteiger partial charge in [-0.05, 0) is 82.7 Å². The van der Waals surface area contributed by atoms with Crippen LogP contribution in [-0.4, -0.2) is 5.78 Å². The zero-order valence-electron chi connectivity index (χ0n) is 19.8. The molecule has 2 nitrogen and oxygen atoms in total. The van der Waals surface area contributed by atoms with Gasteiger partial charge in [0, 0.05) is 23.9 Å². The number of rotatable bonds is 2. The maximum atomic E-state index is 13.2. The molecule has 0 radical (unpaired) electrons. The number of halogens is 1. The molecule has 1 atom stereocenters. The molecule has 2 aliphatic carbocycles. The third kappa shape index (κ3) is 4.80. The number of nitrogens with one attached hydrogen (secondary N) is 1. The molecule has 35 heavy (non-hydrogen) atoms. The Morgan fingerprint density at radius 2 is 1.66 bits per heavy atom. The van der Waals surface area contributed by atoms with Crippen LogP contribution in [0.15, 0.2) is 91.3 Å². The van der Waals surface area contributed by atoms with Crippen LogP contribution in [0.4, 0.5) is 0 Å². The molecule has 0 saturated carbocycles. The fourth-order valence-corrected chi connectivity index (χ4v) is 5.19. The number of benzene rings is 3. The lowest BCUT2D eigenvalue weighted by Gasteiger charge is -2.22. The van der Waals surface area contributed by atoms with Crippen LogP contribution in [0.1, 0.15) is 33.5 Å². The largest absolute Gasteiger partial charge is 0.368 e. The standard InChI is InChI=1S/C26H21ClO.C6H7N/c1-16-5-4-8-23(25(16)27)26(28)19-10-9-18-12-13-21-20-7-3-2-6-17(20)11-14-22(21)24(18)15-19;1-2-4-6-7-5-3-1/h2-8,12-15,19H,9-11H2,1H3;1-7H. The fraction of sp³-hybridized carbons (Fsp3) is 0.156. The van der Waals surface area contributed by atoms with E-state index in [0.29, 0.717) is 10.6 Å². The van der Waals surface area contributed by atoms with Crippen LogP contribution in [0.3, 0.4) is 0 Å². The molecule has 174 valence electrons. The van der Waals surface area contributed by atoms with Gasteiger partial charge < -0.3 is 5.32 Å². The molecular weight excluding hydrogens is 450 g/mol. The average Bonchev–Trinajstić information content (AvgIpc) is 3.23. The SMILES string of the molecule is C1=CC=CNC=C1.Cc1cccc(C(=O)C2C=c3c(ccc4c3=CCc3ccccc3-4)CC2)c1Cl. The van der Waals surface area contributed by atoms with Gasteiger partial charge in [-0.25, -0.2) is 0 Å². The Labute approximate surface area is 211 Å². The van der Waals surface area contributed by atoms with Crippen LogP contribution in [0.25, 0.3) is 23.3 Å². The molecule has 3 aliphatic rings. The normalized spacial score (nSPS) is 16.7. The van der Waals surface area contributed by atoms with Gasteiger partial charge in [-0.2, -0.15) is 0 Å². The summed E-state index contributed by atoms with van der Waals surface area (Å²) in [6, 6.07) is 18.8. The third-order valence-electron chi connectivity index (χ3n) is 6.82. The predicted molar refractivity (Wildman–Crippen MR) is 147 cm³/mol. The average molecular weight is 478 g/mol. The Balaban J connectivity index is 0.000000313. The lowest BCUT2D eigenvalue weighted by atomic mass is 9.82.